The van der Waals surface area contributed by atoms with E-state index >= 15 is 4.39 Å². The van der Waals surface area contributed by atoms with E-state index < -0.39 is 17.5 Å². The van der Waals surface area contributed by atoms with Gasteiger partial charge in [0.1, 0.15) is 6.61 Å². The molecule has 1 aromatic carbocycles. The van der Waals surface area contributed by atoms with Crippen molar-refractivity contribution in [2.75, 3.05) is 26.8 Å². The molecule has 0 unspecified atom stereocenters. The number of fused-ring (bicyclic) bond motifs is 3. The maximum absolute atomic E-state index is 15.3. The maximum Gasteiger partial charge on any atom is 0.197 e. The number of aliphatic hydroxyl groups excluding tert-OH is 1. The molecule has 0 spiro atoms. The molecule has 2 heterocycles. The normalized spacial score (nSPS) is 25.3. The van der Waals surface area contributed by atoms with Crippen molar-refractivity contribution in [3.05, 3.63) is 23.0 Å². The Balaban J connectivity index is 1.89. The predicted molar refractivity (Wildman–Crippen MR) is 108 cm³/mol. The molecule has 0 amide bonds. The van der Waals surface area contributed by atoms with Gasteiger partial charge in [0, 0.05) is 19.1 Å². The van der Waals surface area contributed by atoms with E-state index in [2.05, 4.69) is 4.90 Å². The lowest BCUT2D eigenvalue weighted by Crippen LogP contribution is -2.53. The Bertz CT molecular complexity index is 740. The van der Waals surface area contributed by atoms with E-state index in [1.807, 2.05) is 26.8 Å². The Morgan fingerprint density at radius 2 is 1.93 bits per heavy atom. The Kier molecular flexibility index (Phi) is 6.16. The highest BCUT2D eigenvalue weighted by atomic mass is 19.1. The highest BCUT2D eigenvalue weighted by molar-refractivity contribution is 5.51. The first kappa shape index (κ1) is 22.3. The number of hydrogen-bond acceptors (Lipinski definition) is 6. The van der Waals surface area contributed by atoms with Gasteiger partial charge in [-0.1, -0.05) is 0 Å². The average Bonchev–Trinajstić information content (AvgIpc) is 2.59. The summed E-state index contributed by atoms with van der Waals surface area (Å²) in [6, 6.07) is 1.72. The summed E-state index contributed by atoms with van der Waals surface area (Å²) < 4.78 is 32.4. The van der Waals surface area contributed by atoms with Gasteiger partial charge in [-0.3, -0.25) is 4.90 Å². The van der Waals surface area contributed by atoms with E-state index in [1.165, 1.54) is 7.11 Å². The zero-order valence-corrected chi connectivity index (χ0v) is 18.3. The maximum atomic E-state index is 15.3. The van der Waals surface area contributed by atoms with E-state index in [4.69, 9.17) is 14.2 Å². The van der Waals surface area contributed by atoms with E-state index in [1.54, 1.807) is 13.8 Å². The van der Waals surface area contributed by atoms with Crippen LogP contribution in [0.3, 0.4) is 0 Å². The molecular weight excluding hydrogens is 377 g/mol. The smallest absolute Gasteiger partial charge is 0.197 e. The second-order valence-corrected chi connectivity index (χ2v) is 9.72. The molecule has 29 heavy (non-hydrogen) atoms. The van der Waals surface area contributed by atoms with Crippen LogP contribution in [-0.4, -0.2) is 65.3 Å². The van der Waals surface area contributed by atoms with Gasteiger partial charge < -0.3 is 24.4 Å². The Morgan fingerprint density at radius 3 is 2.52 bits per heavy atom. The van der Waals surface area contributed by atoms with Crippen LogP contribution in [0.25, 0.3) is 0 Å². The second kappa shape index (κ2) is 8.02. The zero-order chi connectivity index (χ0) is 21.6. The average molecular weight is 412 g/mol. The number of nitrogens with zero attached hydrogens (tertiary/aromatic N) is 1. The summed E-state index contributed by atoms with van der Waals surface area (Å²) in [5, 5.41) is 20.6. The van der Waals surface area contributed by atoms with Gasteiger partial charge >= 0.3 is 0 Å². The first-order valence-electron chi connectivity index (χ1n) is 10.2. The van der Waals surface area contributed by atoms with Gasteiger partial charge in [-0.25, -0.2) is 4.39 Å². The Morgan fingerprint density at radius 1 is 1.24 bits per heavy atom. The molecule has 0 saturated carbocycles. The fraction of sp³-hybridized carbons (Fsp3) is 0.727. The fourth-order valence-electron chi connectivity index (χ4n) is 4.16. The molecule has 3 rings (SSSR count). The lowest BCUT2D eigenvalue weighted by atomic mass is 9.84. The van der Waals surface area contributed by atoms with Crippen LogP contribution in [0.5, 0.6) is 11.5 Å². The largest absolute Gasteiger partial charge is 0.493 e. The number of benzene rings is 1. The third-order valence-electron chi connectivity index (χ3n) is 5.37. The van der Waals surface area contributed by atoms with Crippen molar-refractivity contribution in [1.29, 1.82) is 0 Å². The minimum Gasteiger partial charge on any atom is -0.493 e. The van der Waals surface area contributed by atoms with Gasteiger partial charge in [0.05, 0.1) is 30.5 Å². The number of halogens is 1. The van der Waals surface area contributed by atoms with Crippen molar-refractivity contribution in [3.8, 4) is 11.5 Å². The number of ether oxygens (including phenoxy) is 3. The molecular formula is C22H34FNO5. The van der Waals surface area contributed by atoms with Crippen LogP contribution in [0.2, 0.25) is 0 Å². The van der Waals surface area contributed by atoms with Crippen LogP contribution in [-0.2, 0) is 11.2 Å². The minimum absolute atomic E-state index is 0.0344. The van der Waals surface area contributed by atoms with Crippen LogP contribution >= 0.6 is 0 Å². The molecule has 7 heteroatoms. The van der Waals surface area contributed by atoms with Gasteiger partial charge in [0.15, 0.2) is 17.3 Å². The Labute approximate surface area is 172 Å². The van der Waals surface area contributed by atoms with Crippen LogP contribution in [0, 0.1) is 5.82 Å². The molecule has 164 valence electrons. The molecule has 0 aromatic heterocycles. The fourth-order valence-corrected chi connectivity index (χ4v) is 4.16. The molecule has 6 nitrogen and oxygen atoms in total. The third-order valence-corrected chi connectivity index (χ3v) is 5.37. The lowest BCUT2D eigenvalue weighted by Gasteiger charge is -2.47. The molecule has 0 radical (unpaired) electrons. The van der Waals surface area contributed by atoms with Gasteiger partial charge in [0.2, 0.25) is 0 Å². The van der Waals surface area contributed by atoms with Crippen molar-refractivity contribution in [1.82, 2.24) is 4.90 Å². The summed E-state index contributed by atoms with van der Waals surface area (Å²) in [6.07, 6.45) is 0.120. The molecule has 1 aromatic rings. The van der Waals surface area contributed by atoms with Gasteiger partial charge in [-0.15, -0.1) is 0 Å². The molecule has 0 bridgehead atoms. The molecule has 1 saturated heterocycles. The molecule has 2 aliphatic heterocycles. The van der Waals surface area contributed by atoms with Crippen molar-refractivity contribution < 1.29 is 28.8 Å². The van der Waals surface area contributed by atoms with Crippen molar-refractivity contribution in [2.24, 2.45) is 0 Å². The number of aliphatic hydroxyl groups is 2. The molecule has 2 N–H and O–H groups in total. The summed E-state index contributed by atoms with van der Waals surface area (Å²) in [5.74, 6) is -0.104. The number of hydrogen-bond donors (Lipinski definition) is 2. The van der Waals surface area contributed by atoms with E-state index in [0.29, 0.717) is 37.2 Å². The first-order valence-corrected chi connectivity index (χ1v) is 10.2. The number of piperidine rings is 1. The third kappa shape index (κ3) is 5.02. The predicted octanol–water partition coefficient (Wildman–Crippen LogP) is 2.83. The van der Waals surface area contributed by atoms with E-state index in [0.717, 1.165) is 5.56 Å². The molecule has 3 atom stereocenters. The summed E-state index contributed by atoms with van der Waals surface area (Å²) in [7, 11) is 1.47. The summed E-state index contributed by atoms with van der Waals surface area (Å²) in [4.78, 5) is 2.25. The first-order chi connectivity index (χ1) is 13.4. The number of rotatable bonds is 5. The molecule has 2 aliphatic rings. The minimum atomic E-state index is -1.08. The van der Waals surface area contributed by atoms with Crippen LogP contribution < -0.4 is 9.47 Å². The van der Waals surface area contributed by atoms with Crippen LogP contribution in [0.1, 0.15) is 58.2 Å². The van der Waals surface area contributed by atoms with E-state index in [-0.39, 0.29) is 30.1 Å². The summed E-state index contributed by atoms with van der Waals surface area (Å²) >= 11 is 0. The summed E-state index contributed by atoms with van der Waals surface area (Å²) in [5.41, 5.74) is 0.00292. The zero-order valence-electron chi connectivity index (χ0n) is 18.3. The van der Waals surface area contributed by atoms with Crippen molar-refractivity contribution >= 4 is 0 Å². The highest BCUT2D eigenvalue weighted by Crippen LogP contribution is 2.44. The topological polar surface area (TPSA) is 71.4 Å². The van der Waals surface area contributed by atoms with Gasteiger partial charge in [-0.2, -0.15) is 0 Å². The standard InChI is InChI=1S/C22H34FNO5/c1-21(2,3)29-18-11-24-8-7-13-14(15(24)10-16(18)25)9-17(27-6)20(19(13)23)28-12-22(4,5)26/h9,15-16,18,25-26H,7-8,10-12H2,1-6H3/t15-,16-,18-/m1/s1. The molecule has 0 aliphatic carbocycles. The quantitative estimate of drug-likeness (QED) is 0.776. The monoisotopic (exact) mass is 411 g/mol. The lowest BCUT2D eigenvalue weighted by molar-refractivity contribution is -0.149. The SMILES string of the molecule is COc1cc2c(c(F)c1OCC(C)(C)O)CCN1C[C@@H](OC(C)(C)C)[C@H](O)C[C@H]21. The van der Waals surface area contributed by atoms with Crippen molar-refractivity contribution in [3.63, 3.8) is 0 Å². The van der Waals surface area contributed by atoms with Crippen LogP contribution in [0.4, 0.5) is 4.39 Å². The van der Waals surface area contributed by atoms with Gasteiger partial charge in [0.25, 0.3) is 0 Å². The van der Waals surface area contributed by atoms with Crippen LogP contribution in [0.15, 0.2) is 6.07 Å². The number of methoxy groups -OCH3 is 1. The Hall–Kier alpha value is -1.41. The summed E-state index contributed by atoms with van der Waals surface area (Å²) in [6.45, 7) is 10.4. The second-order valence-electron chi connectivity index (χ2n) is 9.72. The van der Waals surface area contributed by atoms with Gasteiger partial charge in [-0.05, 0) is 64.7 Å². The van der Waals surface area contributed by atoms with Crippen molar-refractivity contribution in [2.45, 2.75) is 76.9 Å². The van der Waals surface area contributed by atoms with E-state index in [9.17, 15) is 10.2 Å². The molecule has 1 fully saturated rings. The highest BCUT2D eigenvalue weighted by Gasteiger charge is 2.41.